The van der Waals surface area contributed by atoms with Crippen molar-refractivity contribution in [2.45, 2.75) is 11.8 Å². The zero-order chi connectivity index (χ0) is 22.4. The Hall–Kier alpha value is -3.14. The SMILES string of the molecule is COCCN=S(=O)(c1ccc([N+](=O)[O-])cc1)N1CCN(c2nc(C)cc(C#N)n2)CC1. The molecule has 1 aliphatic heterocycles. The lowest BCUT2D eigenvalue weighted by atomic mass is 10.3. The van der Waals surface area contributed by atoms with Crippen LogP contribution in [0.1, 0.15) is 11.4 Å². The van der Waals surface area contributed by atoms with E-state index in [1.807, 2.05) is 11.0 Å². The van der Waals surface area contributed by atoms with E-state index in [0.717, 1.165) is 0 Å². The highest BCUT2D eigenvalue weighted by atomic mass is 32.2. The van der Waals surface area contributed by atoms with Gasteiger partial charge < -0.3 is 9.64 Å². The molecule has 164 valence electrons. The number of nitro groups is 1. The maximum absolute atomic E-state index is 13.9. The number of nitriles is 1. The Morgan fingerprint density at radius 1 is 1.26 bits per heavy atom. The highest BCUT2D eigenvalue weighted by Crippen LogP contribution is 2.24. The van der Waals surface area contributed by atoms with Crippen molar-refractivity contribution in [3.63, 3.8) is 0 Å². The van der Waals surface area contributed by atoms with Gasteiger partial charge in [0.25, 0.3) is 5.69 Å². The zero-order valence-electron chi connectivity index (χ0n) is 17.3. The number of rotatable bonds is 7. The molecule has 0 radical (unpaired) electrons. The summed E-state index contributed by atoms with van der Waals surface area (Å²) in [6, 6.07) is 9.31. The van der Waals surface area contributed by atoms with Gasteiger partial charge in [-0.15, -0.1) is 0 Å². The topological polar surface area (TPSA) is 138 Å². The van der Waals surface area contributed by atoms with E-state index in [2.05, 4.69) is 14.3 Å². The molecule has 0 bridgehead atoms. The molecule has 0 aliphatic carbocycles. The fourth-order valence-electron chi connectivity index (χ4n) is 3.19. The number of nitro benzene ring substituents is 1. The van der Waals surface area contributed by atoms with E-state index >= 15 is 0 Å². The van der Waals surface area contributed by atoms with Crippen molar-refractivity contribution in [1.82, 2.24) is 14.3 Å². The Morgan fingerprint density at radius 2 is 1.94 bits per heavy atom. The van der Waals surface area contributed by atoms with Crippen LogP contribution in [0.15, 0.2) is 39.6 Å². The molecule has 1 aromatic heterocycles. The lowest BCUT2D eigenvalue weighted by Crippen LogP contribution is -2.49. The number of non-ortho nitro benzene ring substituents is 1. The van der Waals surface area contributed by atoms with Crippen molar-refractivity contribution < 1.29 is 13.9 Å². The van der Waals surface area contributed by atoms with E-state index in [-0.39, 0.29) is 12.2 Å². The van der Waals surface area contributed by atoms with Crippen LogP contribution in [0.4, 0.5) is 11.6 Å². The Kier molecular flexibility index (Phi) is 7.11. The average Bonchev–Trinajstić information content (AvgIpc) is 2.78. The second-order valence-corrected chi connectivity index (χ2v) is 9.05. The van der Waals surface area contributed by atoms with Crippen molar-refractivity contribution >= 4 is 21.6 Å². The number of aromatic nitrogens is 2. The largest absolute Gasteiger partial charge is 0.383 e. The van der Waals surface area contributed by atoms with Gasteiger partial charge in [0.1, 0.15) is 21.7 Å². The quantitative estimate of drug-likeness (QED) is 0.357. The van der Waals surface area contributed by atoms with Crippen LogP contribution >= 0.6 is 0 Å². The predicted octanol–water partition coefficient (Wildman–Crippen LogP) is 1.78. The molecule has 11 nitrogen and oxygen atoms in total. The molecule has 3 rings (SSSR count). The summed E-state index contributed by atoms with van der Waals surface area (Å²) < 4.78 is 25.2. The first-order valence-corrected chi connectivity index (χ1v) is 11.1. The van der Waals surface area contributed by atoms with Crippen LogP contribution in [-0.4, -0.2) is 69.8 Å². The molecule has 1 aromatic carbocycles. The summed E-state index contributed by atoms with van der Waals surface area (Å²) in [5, 5.41) is 20.1. The maximum Gasteiger partial charge on any atom is 0.269 e. The number of hydrogen-bond donors (Lipinski definition) is 0. The molecule has 0 amide bonds. The number of benzene rings is 1. The Bertz CT molecular complexity index is 1100. The average molecular weight is 446 g/mol. The van der Waals surface area contributed by atoms with E-state index in [9.17, 15) is 14.3 Å². The Labute approximate surface area is 180 Å². The minimum atomic E-state index is -2.97. The van der Waals surface area contributed by atoms with Gasteiger partial charge in [0.15, 0.2) is 0 Å². The summed E-state index contributed by atoms with van der Waals surface area (Å²) in [6.45, 7) is 4.20. The van der Waals surface area contributed by atoms with Gasteiger partial charge in [0.2, 0.25) is 5.95 Å². The van der Waals surface area contributed by atoms with Crippen molar-refractivity contribution in [1.29, 1.82) is 5.26 Å². The van der Waals surface area contributed by atoms with Crippen LogP contribution in [0.5, 0.6) is 0 Å². The maximum atomic E-state index is 13.9. The van der Waals surface area contributed by atoms with Gasteiger partial charge in [-0.25, -0.2) is 22.8 Å². The van der Waals surface area contributed by atoms with Crippen LogP contribution in [0.2, 0.25) is 0 Å². The van der Waals surface area contributed by atoms with Gasteiger partial charge in [-0.05, 0) is 25.1 Å². The third-order valence-electron chi connectivity index (χ3n) is 4.74. The number of piperazine rings is 1. The lowest BCUT2D eigenvalue weighted by Gasteiger charge is -2.36. The molecular formula is C19H23N7O4S. The molecule has 31 heavy (non-hydrogen) atoms. The van der Waals surface area contributed by atoms with E-state index in [1.165, 1.54) is 24.3 Å². The highest BCUT2D eigenvalue weighted by molar-refractivity contribution is 7.91. The number of ether oxygens (including phenoxy) is 1. The van der Waals surface area contributed by atoms with Crippen LogP contribution < -0.4 is 4.90 Å². The van der Waals surface area contributed by atoms with Crippen molar-refractivity contribution in [2.75, 3.05) is 51.3 Å². The number of hydrogen-bond acceptors (Lipinski definition) is 9. The van der Waals surface area contributed by atoms with Crippen LogP contribution in [-0.2, 0) is 14.7 Å². The minimum Gasteiger partial charge on any atom is -0.383 e. The van der Waals surface area contributed by atoms with Crippen LogP contribution in [0, 0.1) is 28.4 Å². The highest BCUT2D eigenvalue weighted by Gasteiger charge is 2.28. The van der Waals surface area contributed by atoms with E-state index in [4.69, 9.17) is 10.00 Å². The van der Waals surface area contributed by atoms with Crippen LogP contribution in [0.25, 0.3) is 0 Å². The molecule has 1 unspecified atom stereocenters. The minimum absolute atomic E-state index is 0.0721. The summed E-state index contributed by atoms with van der Waals surface area (Å²) >= 11 is 0. The summed E-state index contributed by atoms with van der Waals surface area (Å²) in [6.07, 6.45) is 0. The summed E-state index contributed by atoms with van der Waals surface area (Å²) in [5.74, 6) is 0.467. The smallest absolute Gasteiger partial charge is 0.269 e. The monoisotopic (exact) mass is 445 g/mol. The normalized spacial score (nSPS) is 16.4. The Balaban J connectivity index is 1.84. The van der Waals surface area contributed by atoms with E-state index < -0.39 is 14.8 Å². The fraction of sp³-hybridized carbons (Fsp3) is 0.421. The molecule has 0 spiro atoms. The Morgan fingerprint density at radius 3 is 2.52 bits per heavy atom. The van der Waals surface area contributed by atoms with Crippen LogP contribution in [0.3, 0.4) is 0 Å². The molecule has 2 heterocycles. The van der Waals surface area contributed by atoms with Gasteiger partial charge in [0.05, 0.1) is 23.0 Å². The predicted molar refractivity (Wildman–Crippen MR) is 114 cm³/mol. The van der Waals surface area contributed by atoms with Crippen molar-refractivity contribution in [3.05, 3.63) is 51.8 Å². The number of methoxy groups -OCH3 is 1. The second kappa shape index (κ2) is 9.78. The van der Waals surface area contributed by atoms with Gasteiger partial charge >= 0.3 is 0 Å². The molecule has 1 aliphatic rings. The number of anilines is 1. The van der Waals surface area contributed by atoms with Crippen molar-refractivity contribution in [2.24, 2.45) is 4.36 Å². The van der Waals surface area contributed by atoms with Gasteiger partial charge in [-0.1, -0.05) is 0 Å². The first-order valence-electron chi connectivity index (χ1n) is 9.59. The molecule has 1 atom stereocenters. The van der Waals surface area contributed by atoms with Crippen molar-refractivity contribution in [3.8, 4) is 6.07 Å². The zero-order valence-corrected chi connectivity index (χ0v) is 18.1. The molecule has 1 fully saturated rings. The summed E-state index contributed by atoms with van der Waals surface area (Å²) in [7, 11) is -1.43. The fourth-order valence-corrected chi connectivity index (χ4v) is 5.27. The number of aryl methyl sites for hydroxylation is 1. The molecule has 0 saturated carbocycles. The third-order valence-corrected chi connectivity index (χ3v) is 7.23. The first-order chi connectivity index (χ1) is 14.9. The van der Waals surface area contributed by atoms with Gasteiger partial charge in [-0.3, -0.25) is 10.1 Å². The van der Waals surface area contributed by atoms with Gasteiger partial charge in [-0.2, -0.15) is 5.26 Å². The van der Waals surface area contributed by atoms with E-state index in [1.54, 1.807) is 24.4 Å². The standard InChI is InChI=1S/C19H23N7O4S/c1-15-13-16(14-20)23-19(22-15)24-8-10-25(11-9-24)31(29,21-7-12-30-2)18-5-3-17(4-6-18)26(27)28/h3-6,13H,7-12H2,1-2H3. The lowest BCUT2D eigenvalue weighted by molar-refractivity contribution is -0.384. The molecule has 0 N–H and O–H groups in total. The molecular weight excluding hydrogens is 422 g/mol. The molecule has 2 aromatic rings. The summed E-state index contributed by atoms with van der Waals surface area (Å²) in [5.41, 5.74) is 0.930. The van der Waals surface area contributed by atoms with E-state index in [0.29, 0.717) is 55.0 Å². The first kappa shape index (κ1) is 22.5. The molecule has 1 saturated heterocycles. The number of nitrogens with zero attached hydrogens (tertiary/aromatic N) is 7. The summed E-state index contributed by atoms with van der Waals surface area (Å²) in [4.78, 5) is 21.5. The van der Waals surface area contributed by atoms with Gasteiger partial charge in [0, 0.05) is 51.1 Å². The molecule has 12 heteroatoms. The third kappa shape index (κ3) is 5.13. The second-order valence-electron chi connectivity index (χ2n) is 6.82.